The maximum Gasteiger partial charge on any atom is 0.288 e. The van der Waals surface area contributed by atoms with Gasteiger partial charge in [0.1, 0.15) is 5.02 Å². The van der Waals surface area contributed by atoms with Crippen LogP contribution in [0.5, 0.6) is 0 Å². The molecule has 0 spiro atoms. The van der Waals surface area contributed by atoms with Gasteiger partial charge >= 0.3 is 0 Å². The molecule has 0 bridgehead atoms. The molecule has 7 heteroatoms. The van der Waals surface area contributed by atoms with Gasteiger partial charge < -0.3 is 5.73 Å². The summed E-state index contributed by atoms with van der Waals surface area (Å²) in [6.07, 6.45) is 0.506. The molecule has 5 nitrogen and oxygen atoms in total. The minimum atomic E-state index is -0.499. The van der Waals surface area contributed by atoms with Crippen molar-refractivity contribution < 1.29 is 4.92 Å². The maximum atomic E-state index is 10.7. The van der Waals surface area contributed by atoms with Crippen LogP contribution < -0.4 is 5.73 Å². The predicted molar refractivity (Wildman–Crippen MR) is 67.4 cm³/mol. The van der Waals surface area contributed by atoms with Crippen LogP contribution in [-0.2, 0) is 6.42 Å². The Morgan fingerprint density at radius 2 is 2.29 bits per heavy atom. The number of nitrogens with zero attached hydrogens (tertiary/aromatic N) is 2. The van der Waals surface area contributed by atoms with Gasteiger partial charge in [0.2, 0.25) is 0 Å². The van der Waals surface area contributed by atoms with Crippen molar-refractivity contribution in [2.24, 2.45) is 0 Å². The number of nitrogens with two attached hydrogens (primary N) is 1. The molecule has 0 unspecified atom stereocenters. The number of anilines is 1. The minimum absolute atomic E-state index is 0.0904. The summed E-state index contributed by atoms with van der Waals surface area (Å²) in [6, 6.07) is 4.72. The van der Waals surface area contributed by atoms with Crippen LogP contribution in [0.2, 0.25) is 5.02 Å². The molecule has 0 aliphatic rings. The summed E-state index contributed by atoms with van der Waals surface area (Å²) in [5.74, 6) is 0. The third-order valence-corrected chi connectivity index (χ3v) is 3.20. The third kappa shape index (κ3) is 2.72. The van der Waals surface area contributed by atoms with E-state index in [0.717, 1.165) is 11.3 Å². The summed E-state index contributed by atoms with van der Waals surface area (Å²) in [5, 5.41) is 13.2. The van der Waals surface area contributed by atoms with Gasteiger partial charge in [-0.15, -0.1) is 11.3 Å². The van der Waals surface area contributed by atoms with Crippen LogP contribution in [0.25, 0.3) is 0 Å². The number of hydrogen-bond acceptors (Lipinski definition) is 5. The number of hydrogen-bond donors (Lipinski definition) is 1. The molecule has 88 valence electrons. The van der Waals surface area contributed by atoms with E-state index in [-0.39, 0.29) is 10.7 Å². The Morgan fingerprint density at radius 1 is 1.53 bits per heavy atom. The van der Waals surface area contributed by atoms with Gasteiger partial charge in [-0.3, -0.25) is 10.1 Å². The molecule has 0 amide bonds. The monoisotopic (exact) mass is 269 g/mol. The zero-order valence-electron chi connectivity index (χ0n) is 8.59. The van der Waals surface area contributed by atoms with Gasteiger partial charge in [-0.05, 0) is 11.6 Å². The number of benzene rings is 1. The van der Waals surface area contributed by atoms with Crippen LogP contribution >= 0.6 is 22.9 Å². The molecule has 2 rings (SSSR count). The standard InChI is InChI=1S/C10H8ClN3O2S/c11-8-2-1-6(4-9(8)14(15)16)3-7-5-17-10(12)13-7/h1-2,4-5H,3H2,(H2,12,13). The van der Waals surface area contributed by atoms with E-state index in [9.17, 15) is 10.1 Å². The number of rotatable bonds is 3. The summed E-state index contributed by atoms with van der Waals surface area (Å²) < 4.78 is 0. The van der Waals surface area contributed by atoms with Crippen LogP contribution in [0.15, 0.2) is 23.6 Å². The van der Waals surface area contributed by atoms with Crippen molar-refractivity contribution in [3.63, 3.8) is 0 Å². The van der Waals surface area contributed by atoms with E-state index in [4.69, 9.17) is 17.3 Å². The van der Waals surface area contributed by atoms with Crippen molar-refractivity contribution in [1.29, 1.82) is 0 Å². The highest BCUT2D eigenvalue weighted by atomic mass is 35.5. The minimum Gasteiger partial charge on any atom is -0.375 e. The fraction of sp³-hybridized carbons (Fsp3) is 0.100. The first-order chi connectivity index (χ1) is 8.06. The van der Waals surface area contributed by atoms with Crippen LogP contribution in [-0.4, -0.2) is 9.91 Å². The number of aromatic nitrogens is 1. The molecule has 1 aromatic heterocycles. The highest BCUT2D eigenvalue weighted by Gasteiger charge is 2.13. The van der Waals surface area contributed by atoms with Crippen molar-refractivity contribution in [3.05, 3.63) is 50.0 Å². The molecule has 0 atom stereocenters. The van der Waals surface area contributed by atoms with E-state index in [0.29, 0.717) is 11.6 Å². The SMILES string of the molecule is Nc1nc(Cc2ccc(Cl)c([N+](=O)[O-])c2)cs1. The normalized spacial score (nSPS) is 10.4. The molecule has 0 aliphatic carbocycles. The Balaban J connectivity index is 2.28. The highest BCUT2D eigenvalue weighted by Crippen LogP contribution is 2.26. The van der Waals surface area contributed by atoms with Crippen molar-refractivity contribution >= 4 is 33.8 Å². The van der Waals surface area contributed by atoms with Gasteiger partial charge in [0, 0.05) is 17.9 Å². The lowest BCUT2D eigenvalue weighted by Crippen LogP contribution is -1.94. The molecule has 0 radical (unpaired) electrons. The van der Waals surface area contributed by atoms with E-state index >= 15 is 0 Å². The molecule has 1 heterocycles. The first-order valence-electron chi connectivity index (χ1n) is 4.69. The van der Waals surface area contributed by atoms with Gasteiger partial charge in [0.25, 0.3) is 5.69 Å². The van der Waals surface area contributed by atoms with Crippen molar-refractivity contribution in [2.75, 3.05) is 5.73 Å². The smallest absolute Gasteiger partial charge is 0.288 e. The quantitative estimate of drug-likeness (QED) is 0.686. The fourth-order valence-corrected chi connectivity index (χ4v) is 2.17. The highest BCUT2D eigenvalue weighted by molar-refractivity contribution is 7.13. The summed E-state index contributed by atoms with van der Waals surface area (Å²) in [4.78, 5) is 14.3. The number of nitrogen functional groups attached to an aromatic ring is 1. The van der Waals surface area contributed by atoms with Gasteiger partial charge in [0.15, 0.2) is 5.13 Å². The molecule has 2 aromatic rings. The number of nitro groups is 1. The zero-order chi connectivity index (χ0) is 12.4. The maximum absolute atomic E-state index is 10.7. The first kappa shape index (κ1) is 11.8. The lowest BCUT2D eigenvalue weighted by molar-refractivity contribution is -0.384. The van der Waals surface area contributed by atoms with Crippen LogP contribution in [0.4, 0.5) is 10.8 Å². The Labute approximate surface area is 106 Å². The van der Waals surface area contributed by atoms with Crippen LogP contribution in [0.1, 0.15) is 11.3 Å². The molecule has 2 N–H and O–H groups in total. The molecule has 1 aromatic carbocycles. The summed E-state index contributed by atoms with van der Waals surface area (Å²) in [6.45, 7) is 0. The number of halogens is 1. The fourth-order valence-electron chi connectivity index (χ4n) is 1.42. The lowest BCUT2D eigenvalue weighted by atomic mass is 10.1. The predicted octanol–water partition coefficient (Wildman–Crippen LogP) is 2.88. The van der Waals surface area contributed by atoms with Gasteiger partial charge in [0.05, 0.1) is 10.6 Å². The lowest BCUT2D eigenvalue weighted by Gasteiger charge is -2.00. The first-order valence-corrected chi connectivity index (χ1v) is 5.94. The van der Waals surface area contributed by atoms with Crippen molar-refractivity contribution in [2.45, 2.75) is 6.42 Å². The van der Waals surface area contributed by atoms with Gasteiger partial charge in [-0.25, -0.2) is 4.98 Å². The average molecular weight is 270 g/mol. The summed E-state index contributed by atoms with van der Waals surface area (Å²) in [5.41, 5.74) is 7.00. The van der Waals surface area contributed by atoms with E-state index in [1.165, 1.54) is 23.5 Å². The van der Waals surface area contributed by atoms with Crippen LogP contribution in [0, 0.1) is 10.1 Å². The van der Waals surface area contributed by atoms with Crippen LogP contribution in [0.3, 0.4) is 0 Å². The third-order valence-electron chi connectivity index (χ3n) is 2.16. The number of nitro benzene ring substituents is 1. The number of thiazole rings is 1. The largest absolute Gasteiger partial charge is 0.375 e. The van der Waals surface area contributed by atoms with E-state index in [1.54, 1.807) is 6.07 Å². The van der Waals surface area contributed by atoms with E-state index < -0.39 is 4.92 Å². The zero-order valence-corrected chi connectivity index (χ0v) is 10.2. The topological polar surface area (TPSA) is 82.0 Å². The van der Waals surface area contributed by atoms with E-state index in [2.05, 4.69) is 4.98 Å². The van der Waals surface area contributed by atoms with Gasteiger partial charge in [-0.1, -0.05) is 17.7 Å². The molecule has 0 saturated heterocycles. The molecular weight excluding hydrogens is 262 g/mol. The molecular formula is C10H8ClN3O2S. The van der Waals surface area contributed by atoms with Crippen molar-refractivity contribution in [1.82, 2.24) is 4.98 Å². The molecule has 0 saturated carbocycles. The second kappa shape index (κ2) is 4.68. The van der Waals surface area contributed by atoms with Crippen molar-refractivity contribution in [3.8, 4) is 0 Å². The molecule has 17 heavy (non-hydrogen) atoms. The Morgan fingerprint density at radius 3 is 2.88 bits per heavy atom. The molecule has 0 aliphatic heterocycles. The average Bonchev–Trinajstić information content (AvgIpc) is 2.66. The summed E-state index contributed by atoms with van der Waals surface area (Å²) >= 11 is 7.07. The van der Waals surface area contributed by atoms with E-state index in [1.807, 2.05) is 5.38 Å². The second-order valence-electron chi connectivity index (χ2n) is 3.40. The Hall–Kier alpha value is -1.66. The Kier molecular flexibility index (Phi) is 3.26. The second-order valence-corrected chi connectivity index (χ2v) is 4.69. The Bertz CT molecular complexity index is 570. The summed E-state index contributed by atoms with van der Waals surface area (Å²) in [7, 11) is 0. The molecule has 0 fully saturated rings. The van der Waals surface area contributed by atoms with Gasteiger partial charge in [-0.2, -0.15) is 0 Å².